The number of allylic oxidation sites excluding steroid dienone is 4. The predicted octanol–water partition coefficient (Wildman–Crippen LogP) is 1.39. The lowest BCUT2D eigenvalue weighted by Gasteiger charge is -1.87. The highest BCUT2D eigenvalue weighted by molar-refractivity contribution is 5.62. The minimum Gasteiger partial charge on any atom is -0.114 e. The van der Waals surface area contributed by atoms with E-state index in [1.807, 2.05) is 0 Å². The molecular weight excluding hydrogens is 240 g/mol. The monoisotopic (exact) mass is 246 g/mol. The molecule has 0 heterocycles. The van der Waals surface area contributed by atoms with Crippen LogP contribution >= 0.6 is 0 Å². The maximum Gasteiger partial charge on any atom is 0.0992 e. The molecule has 0 nitrogen and oxygen atoms in total. The van der Waals surface area contributed by atoms with Crippen LogP contribution in [0.3, 0.4) is 0 Å². The average Bonchev–Trinajstić information content (AvgIpc) is 2.49. The molecule has 0 aliphatic rings. The van der Waals surface area contributed by atoms with Gasteiger partial charge in [0, 0.05) is 0 Å². The summed E-state index contributed by atoms with van der Waals surface area (Å²) < 4.78 is 0. The van der Waals surface area contributed by atoms with Gasteiger partial charge in [-0.1, -0.05) is 35.5 Å². The summed E-state index contributed by atoms with van der Waals surface area (Å²) in [6.07, 6.45) is 31.2. The molecule has 0 unspecified atom stereocenters. The maximum atomic E-state index is 5.24. The highest BCUT2D eigenvalue weighted by atomic mass is 13.9. The molecule has 0 aliphatic heterocycles. The fraction of sp³-hybridized carbons (Fsp3) is 0. The lowest BCUT2D eigenvalue weighted by atomic mass is 10.1. The van der Waals surface area contributed by atoms with Crippen LogP contribution in [0.5, 0.6) is 0 Å². The molecule has 0 N–H and O–H groups in total. The molecule has 0 amide bonds. The summed E-state index contributed by atoms with van der Waals surface area (Å²) in [6, 6.07) is 0. The third kappa shape index (κ3) is 4.45. The van der Waals surface area contributed by atoms with Crippen molar-refractivity contribution in [3.8, 4) is 97.7 Å². The molecule has 0 radical (unpaired) electrons. The van der Waals surface area contributed by atoms with Crippen molar-refractivity contribution in [3.05, 3.63) is 22.3 Å². The molecule has 0 bridgehead atoms. The number of terminal acetylenes is 6. The van der Waals surface area contributed by atoms with Gasteiger partial charge in [-0.15, -0.1) is 38.5 Å². The summed E-state index contributed by atoms with van der Waals surface area (Å²) >= 11 is 0. The Morgan fingerprint density at radius 3 is 0.850 bits per heavy atom. The summed E-state index contributed by atoms with van der Waals surface area (Å²) in [5, 5.41) is 0. The van der Waals surface area contributed by atoms with Crippen molar-refractivity contribution in [2.75, 3.05) is 0 Å². The molecule has 20 heavy (non-hydrogen) atoms. The fourth-order valence-electron chi connectivity index (χ4n) is 0.901. The normalized spacial score (nSPS) is 5.90. The first-order valence-corrected chi connectivity index (χ1v) is 4.98. The smallest absolute Gasteiger partial charge is 0.0992 e. The Bertz CT molecular complexity index is 740. The molecule has 0 rings (SSSR count). The molecule has 0 aromatic rings. The summed E-state index contributed by atoms with van der Waals surface area (Å²) in [6.45, 7) is 0. The first-order valence-electron chi connectivity index (χ1n) is 4.98. The first-order chi connectivity index (χ1) is 9.68. The standard InChI is InChI=1S/C20H6/c1-7-17(8-2)19(11-5)15-13-14-16-20(12-6)18(9-3)10-4/h1-6H. The van der Waals surface area contributed by atoms with Gasteiger partial charge in [-0.3, -0.25) is 0 Å². The van der Waals surface area contributed by atoms with Crippen LogP contribution in [0.15, 0.2) is 22.3 Å². The van der Waals surface area contributed by atoms with Gasteiger partial charge in [0.05, 0.1) is 22.3 Å². The van der Waals surface area contributed by atoms with Gasteiger partial charge in [-0.2, -0.15) is 0 Å². The second kappa shape index (κ2) is 9.04. The number of hydrogen-bond donors (Lipinski definition) is 0. The van der Waals surface area contributed by atoms with Gasteiger partial charge in [0.2, 0.25) is 0 Å². The highest BCUT2D eigenvalue weighted by Crippen LogP contribution is 2.00. The van der Waals surface area contributed by atoms with Crippen LogP contribution < -0.4 is 0 Å². The molecule has 0 saturated heterocycles. The summed E-state index contributed by atoms with van der Waals surface area (Å²) in [5.74, 6) is 23.7. The predicted molar refractivity (Wildman–Crippen MR) is 82.6 cm³/mol. The lowest BCUT2D eigenvalue weighted by Crippen LogP contribution is -1.82. The van der Waals surface area contributed by atoms with E-state index in [2.05, 4.69) is 59.2 Å². The molecule has 0 spiro atoms. The van der Waals surface area contributed by atoms with Crippen molar-refractivity contribution in [1.29, 1.82) is 0 Å². The Balaban J connectivity index is 5.66. The van der Waals surface area contributed by atoms with E-state index in [4.69, 9.17) is 38.5 Å². The average molecular weight is 246 g/mol. The second-order valence-electron chi connectivity index (χ2n) is 2.87. The zero-order chi connectivity index (χ0) is 15.4. The van der Waals surface area contributed by atoms with E-state index in [9.17, 15) is 0 Å². The van der Waals surface area contributed by atoms with E-state index < -0.39 is 0 Å². The van der Waals surface area contributed by atoms with Crippen molar-refractivity contribution < 1.29 is 0 Å². The summed E-state index contributed by atoms with van der Waals surface area (Å²) in [7, 11) is 0. The van der Waals surface area contributed by atoms with Gasteiger partial charge in [0.25, 0.3) is 0 Å². The minimum absolute atomic E-state index is 0.183. The van der Waals surface area contributed by atoms with Crippen LogP contribution in [0.4, 0.5) is 0 Å². The highest BCUT2D eigenvalue weighted by Gasteiger charge is 1.95. The van der Waals surface area contributed by atoms with Crippen molar-refractivity contribution >= 4 is 0 Å². The van der Waals surface area contributed by atoms with Gasteiger partial charge in [0.15, 0.2) is 0 Å². The molecule has 0 heteroatoms. The molecule has 0 aliphatic carbocycles. The second-order valence-corrected chi connectivity index (χ2v) is 2.87. The molecule has 0 atom stereocenters. The Hall–Kier alpha value is -4.04. The molecule has 0 aromatic heterocycles. The Kier molecular flexibility index (Phi) is 7.21. The van der Waals surface area contributed by atoms with E-state index in [-0.39, 0.29) is 22.3 Å². The van der Waals surface area contributed by atoms with E-state index in [0.29, 0.717) is 0 Å². The third-order valence-corrected chi connectivity index (χ3v) is 1.80. The molecular formula is C20H6. The SMILES string of the molecule is C#CC(C#C)=C(C#C)C#CC#CC(C#C)=C(C#C)C#C. The van der Waals surface area contributed by atoms with Crippen LogP contribution in [0.25, 0.3) is 0 Å². The van der Waals surface area contributed by atoms with Crippen LogP contribution in [-0.4, -0.2) is 0 Å². The van der Waals surface area contributed by atoms with E-state index in [1.165, 1.54) is 0 Å². The van der Waals surface area contributed by atoms with Crippen molar-refractivity contribution in [2.24, 2.45) is 0 Å². The summed E-state index contributed by atoms with van der Waals surface area (Å²) in [5.41, 5.74) is 0.763. The maximum absolute atomic E-state index is 5.24. The van der Waals surface area contributed by atoms with Crippen molar-refractivity contribution in [1.82, 2.24) is 0 Å². The Morgan fingerprint density at radius 1 is 0.400 bits per heavy atom. The van der Waals surface area contributed by atoms with Crippen LogP contribution in [0.1, 0.15) is 0 Å². The van der Waals surface area contributed by atoms with Gasteiger partial charge in [0.1, 0.15) is 0 Å². The number of rotatable bonds is 0. The van der Waals surface area contributed by atoms with Crippen LogP contribution in [0.2, 0.25) is 0 Å². The topological polar surface area (TPSA) is 0 Å². The van der Waals surface area contributed by atoms with Crippen LogP contribution in [-0.2, 0) is 0 Å². The van der Waals surface area contributed by atoms with Crippen molar-refractivity contribution in [3.63, 3.8) is 0 Å². The molecule has 86 valence electrons. The molecule has 0 fully saturated rings. The quantitative estimate of drug-likeness (QED) is 0.567. The Labute approximate surface area is 120 Å². The van der Waals surface area contributed by atoms with Gasteiger partial charge >= 0.3 is 0 Å². The lowest BCUT2D eigenvalue weighted by molar-refractivity contribution is 1.77. The zero-order valence-corrected chi connectivity index (χ0v) is 10.5. The molecule has 0 saturated carbocycles. The largest absolute Gasteiger partial charge is 0.114 e. The van der Waals surface area contributed by atoms with E-state index in [0.717, 1.165) is 0 Å². The van der Waals surface area contributed by atoms with Gasteiger partial charge in [-0.05, 0) is 23.7 Å². The zero-order valence-electron chi connectivity index (χ0n) is 10.5. The fourth-order valence-corrected chi connectivity index (χ4v) is 0.901. The first kappa shape index (κ1) is 16.0. The van der Waals surface area contributed by atoms with Crippen LogP contribution in [0, 0.1) is 97.7 Å². The number of hydrogen-bond acceptors (Lipinski definition) is 0. The van der Waals surface area contributed by atoms with E-state index >= 15 is 0 Å². The van der Waals surface area contributed by atoms with Gasteiger partial charge in [-0.25, -0.2) is 0 Å². The molecule has 0 aromatic carbocycles. The Morgan fingerprint density at radius 2 is 0.650 bits per heavy atom. The third-order valence-electron chi connectivity index (χ3n) is 1.80. The minimum atomic E-state index is 0.183. The van der Waals surface area contributed by atoms with Crippen molar-refractivity contribution in [2.45, 2.75) is 0 Å². The van der Waals surface area contributed by atoms with E-state index in [1.54, 1.807) is 0 Å². The summed E-state index contributed by atoms with van der Waals surface area (Å²) in [4.78, 5) is 0. The van der Waals surface area contributed by atoms with Gasteiger partial charge < -0.3 is 0 Å².